The van der Waals surface area contributed by atoms with Gasteiger partial charge >= 0.3 is 0 Å². The van der Waals surface area contributed by atoms with Crippen LogP contribution in [-0.4, -0.2) is 25.0 Å². The maximum atomic E-state index is 12.3. The van der Waals surface area contributed by atoms with E-state index in [9.17, 15) is 8.42 Å². The van der Waals surface area contributed by atoms with E-state index in [-0.39, 0.29) is 11.8 Å². The maximum Gasteiger partial charge on any atom is 0.214 e. The highest BCUT2D eigenvalue weighted by molar-refractivity contribution is 7.89. The summed E-state index contributed by atoms with van der Waals surface area (Å²) in [7, 11) is -3.18. The van der Waals surface area contributed by atoms with Crippen molar-refractivity contribution in [3.8, 4) is 0 Å². The van der Waals surface area contributed by atoms with E-state index in [1.807, 2.05) is 24.3 Å². The zero-order chi connectivity index (χ0) is 13.9. The number of hydrogen-bond donors (Lipinski definition) is 0. The molecule has 3 nitrogen and oxygen atoms in total. The Kier molecular flexibility index (Phi) is 4.87. The average Bonchev–Trinajstić information content (AvgIpc) is 2.65. The van der Waals surface area contributed by atoms with Crippen LogP contribution >= 0.6 is 11.6 Å². The van der Waals surface area contributed by atoms with E-state index in [0.717, 1.165) is 31.2 Å². The number of rotatable bonds is 3. The van der Waals surface area contributed by atoms with Gasteiger partial charge in [-0.3, -0.25) is 0 Å². The van der Waals surface area contributed by atoms with Gasteiger partial charge in [0.05, 0.1) is 11.8 Å². The zero-order valence-electron chi connectivity index (χ0n) is 11.2. The molecule has 5 heteroatoms. The van der Waals surface area contributed by atoms with Gasteiger partial charge in [0.25, 0.3) is 0 Å². The minimum absolute atomic E-state index is 0.110. The molecule has 1 aliphatic rings. The fraction of sp³-hybridized carbons (Fsp3) is 0.571. The van der Waals surface area contributed by atoms with Gasteiger partial charge in [-0.2, -0.15) is 4.31 Å². The van der Waals surface area contributed by atoms with Crippen LogP contribution in [-0.2, 0) is 10.0 Å². The first kappa shape index (κ1) is 14.8. The SMILES string of the molecule is CCS(=O)(=O)N1CCCCCC1c1ccccc1Cl. The van der Waals surface area contributed by atoms with Crippen molar-refractivity contribution in [2.45, 2.75) is 38.6 Å². The lowest BCUT2D eigenvalue weighted by molar-refractivity contribution is 0.329. The Labute approximate surface area is 120 Å². The normalized spacial score (nSPS) is 22.1. The Morgan fingerprint density at radius 2 is 2.00 bits per heavy atom. The van der Waals surface area contributed by atoms with Crippen LogP contribution in [0, 0.1) is 0 Å². The van der Waals surface area contributed by atoms with Gasteiger partial charge in [-0.1, -0.05) is 42.6 Å². The Hall–Kier alpha value is -0.580. The van der Waals surface area contributed by atoms with Gasteiger partial charge in [0.1, 0.15) is 0 Å². The molecule has 0 spiro atoms. The molecule has 0 N–H and O–H groups in total. The number of halogens is 1. The molecule has 1 aromatic rings. The van der Waals surface area contributed by atoms with E-state index >= 15 is 0 Å². The van der Waals surface area contributed by atoms with E-state index in [1.54, 1.807) is 11.2 Å². The Morgan fingerprint density at radius 3 is 2.68 bits per heavy atom. The van der Waals surface area contributed by atoms with Gasteiger partial charge in [-0.25, -0.2) is 8.42 Å². The van der Waals surface area contributed by atoms with Crippen LogP contribution in [0.4, 0.5) is 0 Å². The first-order valence-corrected chi connectivity index (χ1v) is 8.79. The topological polar surface area (TPSA) is 37.4 Å². The molecule has 106 valence electrons. The van der Waals surface area contributed by atoms with Crippen LogP contribution < -0.4 is 0 Å². The lowest BCUT2D eigenvalue weighted by Gasteiger charge is -2.29. The van der Waals surface area contributed by atoms with Crippen molar-refractivity contribution in [1.82, 2.24) is 4.31 Å². The molecule has 2 rings (SSSR count). The molecule has 1 heterocycles. The van der Waals surface area contributed by atoms with Crippen molar-refractivity contribution < 1.29 is 8.42 Å². The summed E-state index contributed by atoms with van der Waals surface area (Å²) in [6, 6.07) is 7.46. The summed E-state index contributed by atoms with van der Waals surface area (Å²) in [5.74, 6) is 0.147. The molecule has 0 bridgehead atoms. The quantitative estimate of drug-likeness (QED) is 0.855. The van der Waals surface area contributed by atoms with Gasteiger partial charge in [-0.05, 0) is 31.4 Å². The molecule has 1 unspecified atom stereocenters. The van der Waals surface area contributed by atoms with Crippen molar-refractivity contribution in [2.75, 3.05) is 12.3 Å². The number of hydrogen-bond acceptors (Lipinski definition) is 2. The molecule has 1 aromatic carbocycles. The standard InChI is InChI=1S/C14H20ClNO2S/c1-2-19(17,18)16-11-7-3-4-10-14(16)12-8-5-6-9-13(12)15/h5-6,8-9,14H,2-4,7,10-11H2,1H3. The van der Waals surface area contributed by atoms with Crippen molar-refractivity contribution in [3.05, 3.63) is 34.9 Å². The number of sulfonamides is 1. The Bertz CT molecular complexity index is 530. The lowest BCUT2D eigenvalue weighted by Crippen LogP contribution is -2.36. The Morgan fingerprint density at radius 1 is 1.26 bits per heavy atom. The van der Waals surface area contributed by atoms with E-state index in [1.165, 1.54) is 0 Å². The predicted molar refractivity (Wildman–Crippen MR) is 78.8 cm³/mol. The summed E-state index contributed by atoms with van der Waals surface area (Å²) >= 11 is 6.25. The van der Waals surface area contributed by atoms with E-state index in [4.69, 9.17) is 11.6 Å². The smallest absolute Gasteiger partial charge is 0.212 e. The van der Waals surface area contributed by atoms with Crippen LogP contribution in [0.5, 0.6) is 0 Å². The summed E-state index contributed by atoms with van der Waals surface area (Å²) in [4.78, 5) is 0. The van der Waals surface area contributed by atoms with Crippen LogP contribution in [0.1, 0.15) is 44.2 Å². The van der Waals surface area contributed by atoms with Gasteiger partial charge < -0.3 is 0 Å². The summed E-state index contributed by atoms with van der Waals surface area (Å²) in [6.45, 7) is 2.30. The highest BCUT2D eigenvalue weighted by atomic mass is 35.5. The second-order valence-electron chi connectivity index (χ2n) is 4.90. The summed E-state index contributed by atoms with van der Waals surface area (Å²) in [5.41, 5.74) is 0.933. The van der Waals surface area contributed by atoms with Crippen molar-refractivity contribution in [3.63, 3.8) is 0 Å². The van der Waals surface area contributed by atoms with E-state index < -0.39 is 10.0 Å². The number of benzene rings is 1. The summed E-state index contributed by atoms with van der Waals surface area (Å²) in [5, 5.41) is 0.658. The molecule has 1 atom stereocenters. The third-order valence-corrected chi connectivity index (χ3v) is 5.92. The molecule has 1 fully saturated rings. The zero-order valence-corrected chi connectivity index (χ0v) is 12.8. The maximum absolute atomic E-state index is 12.3. The van der Waals surface area contributed by atoms with E-state index in [0.29, 0.717) is 11.6 Å². The van der Waals surface area contributed by atoms with E-state index in [2.05, 4.69) is 0 Å². The number of nitrogens with zero attached hydrogens (tertiary/aromatic N) is 1. The summed E-state index contributed by atoms with van der Waals surface area (Å²) in [6.07, 6.45) is 3.91. The monoisotopic (exact) mass is 301 g/mol. The third-order valence-electron chi connectivity index (χ3n) is 3.69. The largest absolute Gasteiger partial charge is 0.214 e. The molecule has 19 heavy (non-hydrogen) atoms. The average molecular weight is 302 g/mol. The molecule has 0 aliphatic carbocycles. The van der Waals surface area contributed by atoms with Crippen molar-refractivity contribution in [2.24, 2.45) is 0 Å². The fourth-order valence-electron chi connectivity index (χ4n) is 2.64. The van der Waals surface area contributed by atoms with Crippen LogP contribution in [0.15, 0.2) is 24.3 Å². The fourth-order valence-corrected chi connectivity index (χ4v) is 4.24. The molecule has 1 saturated heterocycles. The van der Waals surface area contributed by atoms with Crippen LogP contribution in [0.2, 0.25) is 5.02 Å². The van der Waals surface area contributed by atoms with Crippen molar-refractivity contribution >= 4 is 21.6 Å². The van der Waals surface area contributed by atoms with Crippen LogP contribution in [0.25, 0.3) is 0 Å². The second kappa shape index (κ2) is 6.25. The minimum atomic E-state index is -3.18. The molecule has 0 aromatic heterocycles. The van der Waals surface area contributed by atoms with Gasteiger partial charge in [-0.15, -0.1) is 0 Å². The lowest BCUT2D eigenvalue weighted by atomic mass is 10.0. The molecule has 0 amide bonds. The second-order valence-corrected chi connectivity index (χ2v) is 7.52. The van der Waals surface area contributed by atoms with Crippen LogP contribution in [0.3, 0.4) is 0 Å². The predicted octanol–water partition coefficient (Wildman–Crippen LogP) is 3.61. The molecule has 1 aliphatic heterocycles. The van der Waals surface area contributed by atoms with Gasteiger partial charge in [0.2, 0.25) is 10.0 Å². The first-order chi connectivity index (χ1) is 9.06. The highest BCUT2D eigenvalue weighted by Gasteiger charge is 2.31. The molecule has 0 saturated carbocycles. The van der Waals surface area contributed by atoms with Gasteiger partial charge in [0, 0.05) is 11.6 Å². The Balaban J connectivity index is 2.41. The highest BCUT2D eigenvalue weighted by Crippen LogP contribution is 2.35. The minimum Gasteiger partial charge on any atom is -0.212 e. The third kappa shape index (κ3) is 3.30. The molecular weight excluding hydrogens is 282 g/mol. The van der Waals surface area contributed by atoms with Gasteiger partial charge in [0.15, 0.2) is 0 Å². The molecular formula is C14H20ClNO2S. The summed E-state index contributed by atoms with van der Waals surface area (Å²) < 4.78 is 26.2. The van der Waals surface area contributed by atoms with Crippen molar-refractivity contribution in [1.29, 1.82) is 0 Å². The molecule has 0 radical (unpaired) electrons. The first-order valence-electron chi connectivity index (χ1n) is 6.80.